The molecule has 1 heterocycles. The number of aliphatic hydroxyl groups is 2. The fourth-order valence-corrected chi connectivity index (χ4v) is 3.45. The van der Waals surface area contributed by atoms with Gasteiger partial charge in [-0.3, -0.25) is 9.05 Å². The maximum atomic E-state index is 13.8. The number of aliphatic hydroxyl groups excluding tert-OH is 2. The highest BCUT2D eigenvalue weighted by Crippen LogP contribution is 2.47. The van der Waals surface area contributed by atoms with Gasteiger partial charge in [0.1, 0.15) is 12.2 Å². The second kappa shape index (κ2) is 12.7. The van der Waals surface area contributed by atoms with Crippen molar-refractivity contribution in [2.24, 2.45) is 0 Å². The lowest BCUT2D eigenvalue weighted by atomic mass is 10.1. The van der Waals surface area contributed by atoms with Crippen LogP contribution in [0, 0.1) is 0 Å². The van der Waals surface area contributed by atoms with E-state index in [0.29, 0.717) is 0 Å². The van der Waals surface area contributed by atoms with Crippen LogP contribution in [-0.4, -0.2) is 53.0 Å². The molecule has 7 nitrogen and oxygen atoms in total. The number of alkyl halides is 1. The molecule has 0 aromatic rings. The molecule has 0 spiro atoms. The van der Waals surface area contributed by atoms with E-state index in [1.165, 1.54) is 11.1 Å². The number of ether oxygens (including phenoxy) is 1. The first kappa shape index (κ1) is 26.2. The van der Waals surface area contributed by atoms with Crippen LogP contribution >= 0.6 is 7.82 Å². The first-order chi connectivity index (χ1) is 13.6. The summed E-state index contributed by atoms with van der Waals surface area (Å²) in [6.45, 7) is 7.33. The van der Waals surface area contributed by atoms with E-state index in [4.69, 9.17) is 14.4 Å². The predicted octanol–water partition coefficient (Wildman–Crippen LogP) is 3.96. The molecule has 1 aliphatic rings. The van der Waals surface area contributed by atoms with Gasteiger partial charge in [-0.25, -0.2) is 8.96 Å². The Balaban J connectivity index is 2.37. The Kier molecular flexibility index (Phi) is 11.5. The maximum absolute atomic E-state index is 13.8. The largest absolute Gasteiger partial charge is 0.474 e. The topological polar surface area (TPSA) is 105 Å². The molecule has 9 heteroatoms. The first-order valence-corrected chi connectivity index (χ1v) is 11.2. The van der Waals surface area contributed by atoms with Crippen molar-refractivity contribution in [2.45, 2.75) is 78.0 Å². The lowest BCUT2D eigenvalue weighted by Crippen LogP contribution is -2.31. The number of allylic oxidation sites excluding steroid dienone is 5. The van der Waals surface area contributed by atoms with E-state index in [2.05, 4.69) is 37.4 Å². The molecule has 1 fully saturated rings. The average molecular weight is 436 g/mol. The lowest BCUT2D eigenvalue weighted by Gasteiger charge is -2.17. The van der Waals surface area contributed by atoms with Crippen molar-refractivity contribution >= 4 is 7.82 Å². The van der Waals surface area contributed by atoms with Gasteiger partial charge >= 0.3 is 7.82 Å². The molecule has 1 unspecified atom stereocenters. The number of rotatable bonds is 12. The van der Waals surface area contributed by atoms with Gasteiger partial charge in [-0.05, 0) is 53.4 Å². The van der Waals surface area contributed by atoms with Gasteiger partial charge in [-0.2, -0.15) is 0 Å². The molecule has 3 N–H and O–H groups in total. The minimum Gasteiger partial charge on any atom is -0.394 e. The zero-order valence-electron chi connectivity index (χ0n) is 17.6. The fraction of sp³-hybridized carbons (Fsp3) is 0.700. The number of phosphoric ester groups is 1. The van der Waals surface area contributed by atoms with Crippen molar-refractivity contribution < 1.29 is 37.8 Å². The Labute approximate surface area is 172 Å². The second-order valence-corrected chi connectivity index (χ2v) is 8.90. The van der Waals surface area contributed by atoms with E-state index < -0.39 is 39.1 Å². The van der Waals surface area contributed by atoms with Crippen LogP contribution in [0.5, 0.6) is 0 Å². The van der Waals surface area contributed by atoms with E-state index in [0.717, 1.165) is 31.3 Å². The van der Waals surface area contributed by atoms with Crippen LogP contribution in [0.15, 0.2) is 34.9 Å². The van der Waals surface area contributed by atoms with Crippen LogP contribution in [0.4, 0.5) is 4.39 Å². The molecular formula is C20H34FO7P. The molecule has 1 rings (SSSR count). The van der Waals surface area contributed by atoms with Crippen molar-refractivity contribution in [3.05, 3.63) is 34.9 Å². The van der Waals surface area contributed by atoms with Crippen LogP contribution in [0.25, 0.3) is 0 Å². The smallest absolute Gasteiger partial charge is 0.394 e. The Bertz CT molecular complexity index is 643. The highest BCUT2D eigenvalue weighted by molar-refractivity contribution is 7.47. The molecule has 0 aliphatic carbocycles. The third kappa shape index (κ3) is 10.1. The molecular weight excluding hydrogens is 402 g/mol. The SMILES string of the molecule is CC(C)=CCC/C(C)=C/CC/C(C)=C/COP(=O)(O)O[C@@H]1O[C@H](CO)[C@@H](O)[C@@H]1F. The summed E-state index contributed by atoms with van der Waals surface area (Å²) in [5.74, 6) is 0. The molecule has 0 amide bonds. The van der Waals surface area contributed by atoms with Gasteiger partial charge in [0.15, 0.2) is 6.17 Å². The Morgan fingerprint density at radius 3 is 2.24 bits per heavy atom. The van der Waals surface area contributed by atoms with Gasteiger partial charge < -0.3 is 19.8 Å². The summed E-state index contributed by atoms with van der Waals surface area (Å²) >= 11 is 0. The van der Waals surface area contributed by atoms with Gasteiger partial charge in [0, 0.05) is 0 Å². The van der Waals surface area contributed by atoms with Crippen molar-refractivity contribution in [2.75, 3.05) is 13.2 Å². The highest BCUT2D eigenvalue weighted by Gasteiger charge is 2.47. The van der Waals surface area contributed by atoms with Crippen LogP contribution in [0.3, 0.4) is 0 Å². The normalized spacial score (nSPS) is 27.7. The molecule has 0 aromatic carbocycles. The van der Waals surface area contributed by atoms with E-state index in [9.17, 15) is 19.0 Å². The van der Waals surface area contributed by atoms with Crippen LogP contribution in [0.1, 0.15) is 53.4 Å². The number of hydrogen-bond donors (Lipinski definition) is 3. The third-order valence-corrected chi connectivity index (χ3v) is 5.43. The van der Waals surface area contributed by atoms with Crippen molar-refractivity contribution in [1.82, 2.24) is 0 Å². The predicted molar refractivity (Wildman–Crippen MR) is 109 cm³/mol. The first-order valence-electron chi connectivity index (χ1n) is 9.74. The summed E-state index contributed by atoms with van der Waals surface area (Å²) < 4.78 is 40.1. The Morgan fingerprint density at radius 1 is 1.10 bits per heavy atom. The van der Waals surface area contributed by atoms with E-state index in [1.54, 1.807) is 6.08 Å². The summed E-state index contributed by atoms with van der Waals surface area (Å²) in [5.41, 5.74) is 3.61. The van der Waals surface area contributed by atoms with Crippen molar-refractivity contribution in [1.29, 1.82) is 0 Å². The van der Waals surface area contributed by atoms with Crippen LogP contribution < -0.4 is 0 Å². The number of phosphoric acid groups is 1. The monoisotopic (exact) mass is 436 g/mol. The van der Waals surface area contributed by atoms with Gasteiger partial charge in [-0.15, -0.1) is 0 Å². The Hall–Kier alpha value is -0.860. The molecule has 0 radical (unpaired) electrons. The standard InChI is InChI=1S/C20H34FO7P/c1-14(2)7-5-8-15(3)9-6-10-16(4)11-12-26-29(24,25)28-20-18(21)19(23)17(13-22)27-20/h7,9,11,17-20,22-23H,5-6,8,10,12-13H2,1-4H3,(H,24,25)/b15-9+,16-11+/t17-,18+,19-,20+/m1/s1. The quantitative estimate of drug-likeness (QED) is 0.314. The van der Waals surface area contributed by atoms with Gasteiger partial charge in [0.25, 0.3) is 0 Å². The second-order valence-electron chi connectivity index (χ2n) is 7.49. The molecule has 168 valence electrons. The minimum absolute atomic E-state index is 0.182. The zero-order valence-corrected chi connectivity index (χ0v) is 18.5. The van der Waals surface area contributed by atoms with Crippen molar-refractivity contribution in [3.63, 3.8) is 0 Å². The number of halogens is 1. The summed E-state index contributed by atoms with van der Waals surface area (Å²) in [6, 6.07) is 0. The summed E-state index contributed by atoms with van der Waals surface area (Å²) in [7, 11) is -4.58. The van der Waals surface area contributed by atoms with Gasteiger partial charge in [-0.1, -0.05) is 34.9 Å². The van der Waals surface area contributed by atoms with Gasteiger partial charge in [0.2, 0.25) is 6.29 Å². The third-order valence-electron chi connectivity index (χ3n) is 4.49. The Morgan fingerprint density at radius 2 is 1.69 bits per heavy atom. The minimum atomic E-state index is -4.58. The van der Waals surface area contributed by atoms with E-state index in [1.807, 2.05) is 6.92 Å². The van der Waals surface area contributed by atoms with E-state index >= 15 is 0 Å². The fourth-order valence-electron chi connectivity index (χ4n) is 2.70. The maximum Gasteiger partial charge on any atom is 0.474 e. The summed E-state index contributed by atoms with van der Waals surface area (Å²) in [6.07, 6.45) is 3.06. The summed E-state index contributed by atoms with van der Waals surface area (Å²) in [5, 5.41) is 18.5. The molecule has 0 saturated carbocycles. The molecule has 29 heavy (non-hydrogen) atoms. The highest BCUT2D eigenvalue weighted by atomic mass is 31.2. The molecule has 0 aromatic heterocycles. The molecule has 1 saturated heterocycles. The molecule has 1 aliphatic heterocycles. The van der Waals surface area contributed by atoms with Crippen molar-refractivity contribution in [3.8, 4) is 0 Å². The average Bonchev–Trinajstić information content (AvgIpc) is 2.88. The number of hydrogen-bond acceptors (Lipinski definition) is 6. The lowest BCUT2D eigenvalue weighted by molar-refractivity contribution is -0.116. The molecule has 0 bridgehead atoms. The molecule has 5 atom stereocenters. The van der Waals surface area contributed by atoms with Crippen LogP contribution in [-0.2, 0) is 18.3 Å². The van der Waals surface area contributed by atoms with Gasteiger partial charge in [0.05, 0.1) is 13.2 Å². The summed E-state index contributed by atoms with van der Waals surface area (Å²) in [4.78, 5) is 9.70. The van der Waals surface area contributed by atoms with Crippen LogP contribution in [0.2, 0.25) is 0 Å². The zero-order chi connectivity index (χ0) is 22.0. The van der Waals surface area contributed by atoms with E-state index in [-0.39, 0.29) is 6.61 Å².